The van der Waals surface area contributed by atoms with Gasteiger partial charge in [-0.25, -0.2) is 0 Å². The standard InChI is InChI=1S/C16H28N2/c1-12(2)11-18(13(3)4)16(14(5)17)15-9-7-6-8-10-15/h6-10,12-14,16H,11,17H2,1-5H3. The molecule has 0 amide bonds. The summed E-state index contributed by atoms with van der Waals surface area (Å²) in [5.41, 5.74) is 7.56. The van der Waals surface area contributed by atoms with Crippen molar-refractivity contribution < 1.29 is 0 Å². The van der Waals surface area contributed by atoms with Crippen molar-refractivity contribution in [1.82, 2.24) is 4.90 Å². The van der Waals surface area contributed by atoms with E-state index in [1.54, 1.807) is 0 Å². The van der Waals surface area contributed by atoms with Gasteiger partial charge in [0.15, 0.2) is 0 Å². The average Bonchev–Trinajstić information content (AvgIpc) is 2.28. The molecule has 0 aromatic heterocycles. The van der Waals surface area contributed by atoms with Crippen LogP contribution in [-0.2, 0) is 0 Å². The second kappa shape index (κ2) is 6.91. The van der Waals surface area contributed by atoms with Crippen LogP contribution in [0, 0.1) is 5.92 Å². The molecule has 0 aliphatic carbocycles. The Morgan fingerprint density at radius 2 is 1.56 bits per heavy atom. The third-order valence-corrected chi connectivity index (χ3v) is 3.24. The Bertz CT molecular complexity index is 330. The summed E-state index contributed by atoms with van der Waals surface area (Å²) in [6.07, 6.45) is 0. The topological polar surface area (TPSA) is 29.3 Å². The van der Waals surface area contributed by atoms with Crippen LogP contribution < -0.4 is 5.73 Å². The molecule has 0 saturated heterocycles. The molecule has 0 radical (unpaired) electrons. The molecule has 18 heavy (non-hydrogen) atoms. The molecule has 2 unspecified atom stereocenters. The summed E-state index contributed by atoms with van der Waals surface area (Å²) in [4.78, 5) is 2.52. The maximum Gasteiger partial charge on any atom is 0.0499 e. The lowest BCUT2D eigenvalue weighted by Crippen LogP contribution is -2.44. The molecule has 0 fully saturated rings. The Morgan fingerprint density at radius 3 is 1.94 bits per heavy atom. The molecule has 0 bridgehead atoms. The Kier molecular flexibility index (Phi) is 5.83. The lowest BCUT2D eigenvalue weighted by molar-refractivity contribution is 0.119. The third-order valence-electron chi connectivity index (χ3n) is 3.24. The first-order valence-corrected chi connectivity index (χ1v) is 6.99. The molecule has 2 atom stereocenters. The van der Waals surface area contributed by atoms with Crippen LogP contribution in [0.1, 0.15) is 46.2 Å². The zero-order valence-electron chi connectivity index (χ0n) is 12.4. The van der Waals surface area contributed by atoms with E-state index in [1.807, 2.05) is 0 Å². The van der Waals surface area contributed by atoms with Gasteiger partial charge in [0, 0.05) is 24.7 Å². The van der Waals surface area contributed by atoms with Crippen molar-refractivity contribution in [1.29, 1.82) is 0 Å². The first-order chi connectivity index (χ1) is 8.43. The van der Waals surface area contributed by atoms with Crippen LogP contribution in [0.4, 0.5) is 0 Å². The van der Waals surface area contributed by atoms with Gasteiger partial charge in [-0.2, -0.15) is 0 Å². The second-order valence-electron chi connectivity index (χ2n) is 5.90. The van der Waals surface area contributed by atoms with E-state index in [2.05, 4.69) is 69.9 Å². The molecule has 2 nitrogen and oxygen atoms in total. The second-order valence-corrected chi connectivity index (χ2v) is 5.90. The van der Waals surface area contributed by atoms with Gasteiger partial charge in [-0.15, -0.1) is 0 Å². The average molecular weight is 248 g/mol. The van der Waals surface area contributed by atoms with Crippen molar-refractivity contribution in [2.45, 2.75) is 52.7 Å². The predicted molar refractivity (Wildman–Crippen MR) is 79.5 cm³/mol. The predicted octanol–water partition coefficient (Wildman–Crippen LogP) is 3.44. The highest BCUT2D eigenvalue weighted by Crippen LogP contribution is 2.26. The van der Waals surface area contributed by atoms with E-state index in [1.165, 1.54) is 5.56 Å². The van der Waals surface area contributed by atoms with Crippen molar-refractivity contribution in [2.24, 2.45) is 11.7 Å². The van der Waals surface area contributed by atoms with E-state index >= 15 is 0 Å². The zero-order chi connectivity index (χ0) is 13.7. The summed E-state index contributed by atoms with van der Waals surface area (Å²) >= 11 is 0. The summed E-state index contributed by atoms with van der Waals surface area (Å²) in [6, 6.07) is 11.6. The molecule has 1 rings (SSSR count). The van der Waals surface area contributed by atoms with Crippen molar-refractivity contribution in [2.75, 3.05) is 6.54 Å². The molecule has 1 aromatic rings. The minimum absolute atomic E-state index is 0.133. The fourth-order valence-electron chi connectivity index (χ4n) is 2.51. The van der Waals surface area contributed by atoms with Gasteiger partial charge in [0.1, 0.15) is 0 Å². The van der Waals surface area contributed by atoms with E-state index in [9.17, 15) is 0 Å². The summed E-state index contributed by atoms with van der Waals surface area (Å²) in [6.45, 7) is 12.2. The SMILES string of the molecule is CC(C)CN(C(C)C)C(c1ccccc1)C(C)N. The summed E-state index contributed by atoms with van der Waals surface area (Å²) in [7, 11) is 0. The minimum Gasteiger partial charge on any atom is -0.326 e. The smallest absolute Gasteiger partial charge is 0.0499 e. The highest BCUT2D eigenvalue weighted by atomic mass is 15.2. The van der Waals surface area contributed by atoms with Gasteiger partial charge in [0.2, 0.25) is 0 Å². The number of rotatable bonds is 6. The Morgan fingerprint density at radius 1 is 1.00 bits per heavy atom. The first kappa shape index (κ1) is 15.2. The highest BCUT2D eigenvalue weighted by molar-refractivity contribution is 5.20. The maximum atomic E-state index is 6.24. The van der Waals surface area contributed by atoms with Crippen molar-refractivity contribution >= 4 is 0 Å². The van der Waals surface area contributed by atoms with Gasteiger partial charge < -0.3 is 5.73 Å². The van der Waals surface area contributed by atoms with Gasteiger partial charge in [-0.3, -0.25) is 4.90 Å². The largest absolute Gasteiger partial charge is 0.326 e. The van der Waals surface area contributed by atoms with Crippen LogP contribution >= 0.6 is 0 Å². The quantitative estimate of drug-likeness (QED) is 0.835. The van der Waals surface area contributed by atoms with Crippen LogP contribution in [0.2, 0.25) is 0 Å². The van der Waals surface area contributed by atoms with Crippen molar-refractivity contribution in [3.63, 3.8) is 0 Å². The Labute approximate surface area is 112 Å². The molecule has 0 aliphatic heterocycles. The molecule has 0 heterocycles. The van der Waals surface area contributed by atoms with Crippen LogP contribution in [0.5, 0.6) is 0 Å². The number of nitrogens with two attached hydrogens (primary N) is 1. The van der Waals surface area contributed by atoms with Crippen LogP contribution in [0.25, 0.3) is 0 Å². The van der Waals surface area contributed by atoms with Crippen molar-refractivity contribution in [3.05, 3.63) is 35.9 Å². The molecule has 2 heteroatoms. The lowest BCUT2D eigenvalue weighted by atomic mass is 9.96. The van der Waals surface area contributed by atoms with Crippen LogP contribution in [0.15, 0.2) is 30.3 Å². The van der Waals surface area contributed by atoms with E-state index in [4.69, 9.17) is 5.73 Å². The number of benzene rings is 1. The molecular weight excluding hydrogens is 220 g/mol. The van der Waals surface area contributed by atoms with Gasteiger partial charge in [0.05, 0.1) is 0 Å². The summed E-state index contributed by atoms with van der Waals surface area (Å²) < 4.78 is 0. The fraction of sp³-hybridized carbons (Fsp3) is 0.625. The summed E-state index contributed by atoms with van der Waals surface area (Å²) in [5, 5.41) is 0. The monoisotopic (exact) mass is 248 g/mol. The highest BCUT2D eigenvalue weighted by Gasteiger charge is 2.26. The molecule has 2 N–H and O–H groups in total. The third kappa shape index (κ3) is 4.11. The molecule has 102 valence electrons. The molecule has 1 aromatic carbocycles. The fourth-order valence-corrected chi connectivity index (χ4v) is 2.51. The van der Waals surface area contributed by atoms with Gasteiger partial charge in [-0.05, 0) is 32.3 Å². The minimum atomic E-state index is 0.133. The number of hydrogen-bond acceptors (Lipinski definition) is 2. The lowest BCUT2D eigenvalue weighted by Gasteiger charge is -2.38. The Balaban J connectivity index is 3.01. The summed E-state index contributed by atoms with van der Waals surface area (Å²) in [5.74, 6) is 0.650. The zero-order valence-corrected chi connectivity index (χ0v) is 12.4. The van der Waals surface area contributed by atoms with Crippen LogP contribution in [-0.4, -0.2) is 23.5 Å². The first-order valence-electron chi connectivity index (χ1n) is 6.99. The van der Waals surface area contributed by atoms with Gasteiger partial charge >= 0.3 is 0 Å². The molecule has 0 saturated carbocycles. The van der Waals surface area contributed by atoms with E-state index in [-0.39, 0.29) is 6.04 Å². The van der Waals surface area contributed by atoms with E-state index in [0.717, 1.165) is 6.54 Å². The van der Waals surface area contributed by atoms with Gasteiger partial charge in [0.25, 0.3) is 0 Å². The number of nitrogens with zero attached hydrogens (tertiary/aromatic N) is 1. The Hall–Kier alpha value is -0.860. The maximum absolute atomic E-state index is 6.24. The molecular formula is C16H28N2. The van der Waals surface area contributed by atoms with E-state index in [0.29, 0.717) is 18.0 Å². The normalized spacial score (nSPS) is 15.4. The van der Waals surface area contributed by atoms with Crippen molar-refractivity contribution in [3.8, 4) is 0 Å². The van der Waals surface area contributed by atoms with E-state index < -0.39 is 0 Å². The number of hydrogen-bond donors (Lipinski definition) is 1. The van der Waals surface area contributed by atoms with Crippen LogP contribution in [0.3, 0.4) is 0 Å². The molecule has 0 spiro atoms. The molecule has 0 aliphatic rings. The van der Waals surface area contributed by atoms with Gasteiger partial charge in [-0.1, -0.05) is 44.2 Å².